The first-order valence-electron chi connectivity index (χ1n) is 8.46. The van der Waals surface area contributed by atoms with Gasteiger partial charge in [-0.3, -0.25) is 0 Å². The van der Waals surface area contributed by atoms with E-state index in [-0.39, 0.29) is 12.4 Å². The summed E-state index contributed by atoms with van der Waals surface area (Å²) >= 11 is 0. The summed E-state index contributed by atoms with van der Waals surface area (Å²) in [5.41, 5.74) is 5.29. The van der Waals surface area contributed by atoms with Gasteiger partial charge < -0.3 is 21.9 Å². The van der Waals surface area contributed by atoms with E-state index in [2.05, 4.69) is 36.5 Å². The fourth-order valence-corrected chi connectivity index (χ4v) is 4.82. The van der Waals surface area contributed by atoms with Gasteiger partial charge in [-0.05, 0) is 26.0 Å². The maximum atomic E-state index is 5.63. The molecule has 2 aromatic heterocycles. The topological polar surface area (TPSA) is 51.0 Å². The molecule has 1 aromatic carbocycles. The van der Waals surface area contributed by atoms with E-state index in [0.29, 0.717) is 0 Å². The third-order valence-corrected chi connectivity index (χ3v) is 6.61. The number of aryl methyl sites for hydroxylation is 1. The fourth-order valence-electron chi connectivity index (χ4n) is 3.02. The number of H-pyrrole nitrogens is 1. The first-order chi connectivity index (χ1) is 12.6. The number of fused-ring (bicyclic) bond motifs is 1. The molecule has 0 unspecified atom stereocenters. The lowest BCUT2D eigenvalue weighted by Crippen LogP contribution is -3.00. The summed E-state index contributed by atoms with van der Waals surface area (Å²) in [6.45, 7) is 6.34. The van der Waals surface area contributed by atoms with Crippen LogP contribution >= 0.6 is 21.6 Å². The summed E-state index contributed by atoms with van der Waals surface area (Å²) in [6.07, 6.45) is 2.09. The molecule has 0 bridgehead atoms. The Labute approximate surface area is 174 Å². The SMILES string of the molecule is CCSSCc1c(C)c(OC)c(C)c[n+]1-c1nc2ccc(OC)cc2[nH]1.[Cl-]. The van der Waals surface area contributed by atoms with Crippen molar-refractivity contribution < 1.29 is 26.4 Å². The molecule has 0 aliphatic heterocycles. The smallest absolute Gasteiger partial charge is 0.402 e. The molecule has 0 aliphatic rings. The summed E-state index contributed by atoms with van der Waals surface area (Å²) in [6, 6.07) is 5.87. The van der Waals surface area contributed by atoms with Gasteiger partial charge in [0.05, 0.1) is 26.2 Å². The zero-order chi connectivity index (χ0) is 18.7. The molecule has 0 amide bonds. The highest BCUT2D eigenvalue weighted by molar-refractivity contribution is 8.76. The van der Waals surface area contributed by atoms with E-state index in [0.717, 1.165) is 51.1 Å². The summed E-state index contributed by atoms with van der Waals surface area (Å²) in [7, 11) is 7.10. The Morgan fingerprint density at radius 3 is 2.59 bits per heavy atom. The maximum Gasteiger partial charge on any atom is 0.402 e. The Morgan fingerprint density at radius 1 is 1.15 bits per heavy atom. The minimum absolute atomic E-state index is 0. The molecular weight excluding hydrogens is 402 g/mol. The second-order valence-corrected chi connectivity index (χ2v) is 8.65. The molecule has 3 aromatic rings. The second kappa shape index (κ2) is 9.57. The first-order valence-corrected chi connectivity index (χ1v) is 10.9. The lowest BCUT2D eigenvalue weighted by atomic mass is 10.1. The summed E-state index contributed by atoms with van der Waals surface area (Å²) < 4.78 is 13.1. The number of ether oxygens (including phenoxy) is 2. The van der Waals surface area contributed by atoms with Crippen LogP contribution in [0.5, 0.6) is 11.5 Å². The number of aromatic nitrogens is 3. The second-order valence-electron chi connectivity index (χ2n) is 5.90. The maximum absolute atomic E-state index is 5.63. The number of imidazole rings is 1. The van der Waals surface area contributed by atoms with E-state index in [1.54, 1.807) is 14.2 Å². The highest BCUT2D eigenvalue weighted by Gasteiger charge is 2.22. The van der Waals surface area contributed by atoms with Gasteiger partial charge in [0, 0.05) is 22.9 Å². The van der Waals surface area contributed by atoms with Crippen LogP contribution in [0.15, 0.2) is 24.4 Å². The van der Waals surface area contributed by atoms with Crippen molar-refractivity contribution in [2.45, 2.75) is 26.5 Å². The number of rotatable bonds is 7. The van der Waals surface area contributed by atoms with E-state index in [4.69, 9.17) is 14.5 Å². The van der Waals surface area contributed by atoms with Crippen molar-refractivity contribution >= 4 is 32.6 Å². The number of halogens is 1. The van der Waals surface area contributed by atoms with E-state index >= 15 is 0 Å². The lowest BCUT2D eigenvalue weighted by molar-refractivity contribution is -0.611. The van der Waals surface area contributed by atoms with Crippen LogP contribution in [0.3, 0.4) is 0 Å². The molecule has 146 valence electrons. The molecule has 0 spiro atoms. The quantitative estimate of drug-likeness (QED) is 0.352. The summed E-state index contributed by atoms with van der Waals surface area (Å²) in [5.74, 6) is 4.52. The predicted octanol–water partition coefficient (Wildman–Crippen LogP) is 1.38. The Bertz CT molecular complexity index is 931. The normalized spacial score (nSPS) is 10.7. The van der Waals surface area contributed by atoms with E-state index in [9.17, 15) is 0 Å². The molecule has 1 N–H and O–H groups in total. The third-order valence-electron chi connectivity index (χ3n) is 4.25. The van der Waals surface area contributed by atoms with Crippen molar-refractivity contribution in [1.29, 1.82) is 0 Å². The number of nitrogens with zero attached hydrogens (tertiary/aromatic N) is 2. The number of benzene rings is 1. The number of pyridine rings is 1. The van der Waals surface area contributed by atoms with Crippen LogP contribution in [0.25, 0.3) is 17.0 Å². The minimum atomic E-state index is 0. The molecule has 0 fully saturated rings. The van der Waals surface area contributed by atoms with Gasteiger partial charge in [-0.25, -0.2) is 9.55 Å². The molecule has 8 heteroatoms. The van der Waals surface area contributed by atoms with Crippen LogP contribution in [0.2, 0.25) is 0 Å². The molecule has 0 atom stereocenters. The van der Waals surface area contributed by atoms with Crippen molar-refractivity contribution in [2.24, 2.45) is 0 Å². The Hall–Kier alpha value is -1.57. The van der Waals surface area contributed by atoms with E-state index in [1.165, 1.54) is 5.69 Å². The zero-order valence-corrected chi connectivity index (χ0v) is 18.5. The number of nitrogens with one attached hydrogen (secondary N) is 1. The number of hydrogen-bond acceptors (Lipinski definition) is 5. The van der Waals surface area contributed by atoms with Gasteiger partial charge in [0.2, 0.25) is 0 Å². The van der Waals surface area contributed by atoms with E-state index in [1.807, 2.05) is 39.8 Å². The van der Waals surface area contributed by atoms with Gasteiger partial charge in [-0.1, -0.05) is 33.5 Å². The fraction of sp³-hybridized carbons (Fsp3) is 0.368. The van der Waals surface area contributed by atoms with Crippen molar-refractivity contribution in [3.8, 4) is 17.4 Å². The minimum Gasteiger partial charge on any atom is -1.00 e. The molecule has 5 nitrogen and oxygen atoms in total. The highest BCUT2D eigenvalue weighted by Crippen LogP contribution is 2.30. The standard InChI is InChI=1S/C19H24N3O2S2.ClH/c1-6-25-26-11-17-13(3)18(24-5)12(2)10-22(17)19-20-15-8-7-14(23-4)9-16(15)21-19;/h7-10H,6,11H2,1-5H3,(H,20,21);1H/q+1;/p-1. The van der Waals surface area contributed by atoms with Gasteiger partial charge in [-0.2, -0.15) is 0 Å². The van der Waals surface area contributed by atoms with Crippen molar-refractivity contribution in [1.82, 2.24) is 9.97 Å². The average molecular weight is 426 g/mol. The van der Waals surface area contributed by atoms with Crippen molar-refractivity contribution in [3.05, 3.63) is 41.2 Å². The molecule has 0 radical (unpaired) electrons. The number of aromatic amines is 1. The van der Waals surface area contributed by atoms with Gasteiger partial charge in [0.1, 0.15) is 22.7 Å². The molecule has 27 heavy (non-hydrogen) atoms. The number of methoxy groups -OCH3 is 2. The molecule has 0 saturated heterocycles. The van der Waals surface area contributed by atoms with Crippen LogP contribution in [-0.4, -0.2) is 29.9 Å². The van der Waals surface area contributed by atoms with Crippen LogP contribution in [0, 0.1) is 13.8 Å². The van der Waals surface area contributed by atoms with Crippen LogP contribution < -0.4 is 26.4 Å². The summed E-state index contributed by atoms with van der Waals surface area (Å²) in [5, 5.41) is 0. The zero-order valence-electron chi connectivity index (χ0n) is 16.1. The average Bonchev–Trinajstić information content (AvgIpc) is 3.06. The Morgan fingerprint density at radius 2 is 1.93 bits per heavy atom. The molecule has 0 aliphatic carbocycles. The Balaban J connectivity index is 0.00000261. The van der Waals surface area contributed by atoms with E-state index < -0.39 is 0 Å². The predicted molar refractivity (Wildman–Crippen MR) is 110 cm³/mol. The summed E-state index contributed by atoms with van der Waals surface area (Å²) in [4.78, 5) is 8.20. The molecule has 3 rings (SSSR count). The van der Waals surface area contributed by atoms with Gasteiger partial charge in [-0.15, -0.1) is 0 Å². The Kier molecular flexibility index (Phi) is 7.70. The van der Waals surface area contributed by atoms with Crippen LogP contribution in [-0.2, 0) is 5.75 Å². The monoisotopic (exact) mass is 425 g/mol. The van der Waals surface area contributed by atoms with Gasteiger partial charge >= 0.3 is 5.95 Å². The molecular formula is C19H24ClN3O2S2. The first kappa shape index (κ1) is 21.7. The molecule has 0 saturated carbocycles. The highest BCUT2D eigenvalue weighted by atomic mass is 35.5. The van der Waals surface area contributed by atoms with Gasteiger partial charge in [0.15, 0.2) is 5.52 Å². The van der Waals surface area contributed by atoms with Gasteiger partial charge in [0.25, 0.3) is 0 Å². The van der Waals surface area contributed by atoms with Crippen LogP contribution in [0.1, 0.15) is 23.7 Å². The van der Waals surface area contributed by atoms with Crippen molar-refractivity contribution in [3.63, 3.8) is 0 Å². The lowest BCUT2D eigenvalue weighted by Gasteiger charge is -2.14. The molecule has 2 heterocycles. The third kappa shape index (κ3) is 4.47. The van der Waals surface area contributed by atoms with Crippen LogP contribution in [0.4, 0.5) is 0 Å². The largest absolute Gasteiger partial charge is 1.00 e. The van der Waals surface area contributed by atoms with Crippen molar-refractivity contribution in [2.75, 3.05) is 20.0 Å². The number of hydrogen-bond donors (Lipinski definition) is 1.